The summed E-state index contributed by atoms with van der Waals surface area (Å²) in [4.78, 5) is 0. The number of rotatable bonds is 0. The second-order valence-electron chi connectivity index (χ2n) is 2.80. The van der Waals surface area contributed by atoms with Crippen LogP contribution in [0.5, 0.6) is 0 Å². The van der Waals surface area contributed by atoms with Gasteiger partial charge in [-0.15, -0.1) is 0 Å². The lowest BCUT2D eigenvalue weighted by molar-refractivity contribution is -0.207. The Labute approximate surface area is 62.5 Å². The van der Waals surface area contributed by atoms with Gasteiger partial charge in [0.15, 0.2) is 12.5 Å². The first-order valence-electron chi connectivity index (χ1n) is 3.47. The predicted molar refractivity (Wildman–Crippen MR) is 31.5 cm³/mol. The maximum Gasteiger partial charge on any atom is 0.192 e. The molecule has 0 spiro atoms. The quantitative estimate of drug-likeness (QED) is 0.472. The molecule has 2 bridgehead atoms. The summed E-state index contributed by atoms with van der Waals surface area (Å²) in [5, 5.41) is 18.2. The summed E-state index contributed by atoms with van der Waals surface area (Å²) in [5.41, 5.74) is 0. The lowest BCUT2D eigenvalue weighted by Gasteiger charge is -2.30. The van der Waals surface area contributed by atoms with E-state index in [1.165, 1.54) is 0 Å². The molecule has 0 radical (unpaired) electrons. The van der Waals surface area contributed by atoms with E-state index in [0.717, 1.165) is 0 Å². The van der Waals surface area contributed by atoms with Gasteiger partial charge in [0.1, 0.15) is 18.3 Å². The fourth-order valence-electron chi connectivity index (χ4n) is 1.36. The summed E-state index contributed by atoms with van der Waals surface area (Å²) in [5.74, 6) is 0. The fraction of sp³-hybridized carbons (Fsp3) is 1.00. The topological polar surface area (TPSA) is 58.9 Å². The van der Waals surface area contributed by atoms with Gasteiger partial charge in [0.05, 0.1) is 6.61 Å². The molecule has 0 saturated carbocycles. The maximum atomic E-state index is 12.9. The van der Waals surface area contributed by atoms with E-state index < -0.39 is 30.8 Å². The summed E-state index contributed by atoms with van der Waals surface area (Å²) in [7, 11) is 0. The Kier molecular flexibility index (Phi) is 1.61. The number of aliphatic hydroxyl groups excluding tert-OH is 2. The van der Waals surface area contributed by atoms with Gasteiger partial charge in [-0.3, -0.25) is 0 Å². The van der Waals surface area contributed by atoms with Crippen LogP contribution in [-0.2, 0) is 9.47 Å². The van der Waals surface area contributed by atoms with Crippen molar-refractivity contribution in [1.82, 2.24) is 0 Å². The summed E-state index contributed by atoms with van der Waals surface area (Å²) in [6.45, 7) is 0.156. The minimum absolute atomic E-state index is 0.156. The van der Waals surface area contributed by atoms with E-state index in [9.17, 15) is 4.39 Å². The van der Waals surface area contributed by atoms with Gasteiger partial charge in [0.2, 0.25) is 0 Å². The van der Waals surface area contributed by atoms with Crippen molar-refractivity contribution in [2.45, 2.75) is 30.8 Å². The molecule has 0 amide bonds. The zero-order valence-corrected chi connectivity index (χ0v) is 5.68. The Morgan fingerprint density at radius 3 is 2.73 bits per heavy atom. The maximum absolute atomic E-state index is 12.9. The molecule has 0 aromatic rings. The average molecular weight is 164 g/mol. The molecule has 5 heteroatoms. The van der Waals surface area contributed by atoms with Gasteiger partial charge in [0.25, 0.3) is 0 Å². The van der Waals surface area contributed by atoms with Crippen LogP contribution >= 0.6 is 0 Å². The number of ether oxygens (including phenoxy) is 2. The van der Waals surface area contributed by atoms with Crippen LogP contribution in [-0.4, -0.2) is 47.6 Å². The first-order chi connectivity index (χ1) is 5.20. The molecule has 2 fully saturated rings. The molecule has 2 heterocycles. The van der Waals surface area contributed by atoms with E-state index in [-0.39, 0.29) is 6.61 Å². The summed E-state index contributed by atoms with van der Waals surface area (Å²) in [6.07, 6.45) is -5.73. The summed E-state index contributed by atoms with van der Waals surface area (Å²) < 4.78 is 22.6. The highest BCUT2D eigenvalue weighted by molar-refractivity contribution is 4.92. The monoisotopic (exact) mass is 164 g/mol. The molecule has 2 aliphatic rings. The largest absolute Gasteiger partial charge is 0.387 e. The van der Waals surface area contributed by atoms with Gasteiger partial charge in [0, 0.05) is 0 Å². The predicted octanol–water partition coefficient (Wildman–Crippen LogP) is -1.20. The van der Waals surface area contributed by atoms with Crippen molar-refractivity contribution in [3.63, 3.8) is 0 Å². The van der Waals surface area contributed by atoms with Crippen LogP contribution in [0.1, 0.15) is 0 Å². The third kappa shape index (κ3) is 0.961. The lowest BCUT2D eigenvalue weighted by atomic mass is 10.0. The molecule has 2 aliphatic heterocycles. The Morgan fingerprint density at radius 1 is 1.27 bits per heavy atom. The lowest BCUT2D eigenvalue weighted by Crippen LogP contribution is -2.51. The molecule has 64 valence electrons. The second-order valence-corrected chi connectivity index (χ2v) is 2.80. The number of halogens is 1. The van der Waals surface area contributed by atoms with Crippen LogP contribution in [0.15, 0.2) is 0 Å². The van der Waals surface area contributed by atoms with E-state index in [2.05, 4.69) is 0 Å². The normalized spacial score (nSPS) is 56.5. The molecular formula is C6H9FO4. The molecule has 2 saturated heterocycles. The van der Waals surface area contributed by atoms with Gasteiger partial charge in [-0.05, 0) is 0 Å². The molecule has 2 unspecified atom stereocenters. The van der Waals surface area contributed by atoms with Crippen molar-refractivity contribution in [2.75, 3.05) is 6.61 Å². The van der Waals surface area contributed by atoms with Gasteiger partial charge >= 0.3 is 0 Å². The molecule has 11 heavy (non-hydrogen) atoms. The molecule has 2 rings (SSSR count). The minimum atomic E-state index is -1.64. The first kappa shape index (κ1) is 7.42. The van der Waals surface area contributed by atoms with Crippen molar-refractivity contribution >= 4 is 0 Å². The van der Waals surface area contributed by atoms with Gasteiger partial charge in [-0.25, -0.2) is 4.39 Å². The van der Waals surface area contributed by atoms with Crippen molar-refractivity contribution in [1.29, 1.82) is 0 Å². The van der Waals surface area contributed by atoms with E-state index in [4.69, 9.17) is 19.7 Å². The molecule has 0 aromatic heterocycles. The standard InChI is InChI=1S/C6H9FO4/c7-3-5(9)4(8)2-1-10-6(3)11-2/h2-6,8-9H,1H2/t2?,3?,4-,5+,6-/m1/s1. The van der Waals surface area contributed by atoms with E-state index >= 15 is 0 Å². The van der Waals surface area contributed by atoms with E-state index in [1.807, 2.05) is 0 Å². The van der Waals surface area contributed by atoms with Crippen molar-refractivity contribution < 1.29 is 24.1 Å². The highest BCUT2D eigenvalue weighted by Gasteiger charge is 2.49. The average Bonchev–Trinajstić information content (AvgIpc) is 2.44. The number of alkyl halides is 1. The van der Waals surface area contributed by atoms with Crippen LogP contribution in [0.3, 0.4) is 0 Å². The zero-order chi connectivity index (χ0) is 8.01. The van der Waals surface area contributed by atoms with Crippen LogP contribution in [0.4, 0.5) is 4.39 Å². The zero-order valence-electron chi connectivity index (χ0n) is 5.68. The van der Waals surface area contributed by atoms with Crippen molar-refractivity contribution in [3.05, 3.63) is 0 Å². The Bertz CT molecular complexity index is 145. The Hall–Kier alpha value is -0.230. The number of fused-ring (bicyclic) bond motifs is 2. The number of hydrogen-bond acceptors (Lipinski definition) is 4. The number of aliphatic hydroxyl groups is 2. The number of hydrogen-bond donors (Lipinski definition) is 2. The van der Waals surface area contributed by atoms with Gasteiger partial charge in [-0.2, -0.15) is 0 Å². The summed E-state index contributed by atoms with van der Waals surface area (Å²) >= 11 is 0. The molecule has 0 aliphatic carbocycles. The van der Waals surface area contributed by atoms with Crippen LogP contribution in [0.25, 0.3) is 0 Å². The van der Waals surface area contributed by atoms with E-state index in [0.29, 0.717) is 0 Å². The van der Waals surface area contributed by atoms with Crippen LogP contribution < -0.4 is 0 Å². The highest BCUT2D eigenvalue weighted by Crippen LogP contribution is 2.29. The Morgan fingerprint density at radius 2 is 2.00 bits per heavy atom. The smallest absolute Gasteiger partial charge is 0.192 e. The van der Waals surface area contributed by atoms with E-state index in [1.54, 1.807) is 0 Å². The minimum Gasteiger partial charge on any atom is -0.387 e. The van der Waals surface area contributed by atoms with Gasteiger partial charge in [-0.1, -0.05) is 0 Å². The molecule has 0 aromatic carbocycles. The first-order valence-corrected chi connectivity index (χ1v) is 3.47. The highest BCUT2D eigenvalue weighted by atomic mass is 19.1. The molecule has 4 nitrogen and oxygen atoms in total. The fourth-order valence-corrected chi connectivity index (χ4v) is 1.36. The Balaban J connectivity index is 2.16. The second kappa shape index (κ2) is 2.38. The van der Waals surface area contributed by atoms with Crippen LogP contribution in [0.2, 0.25) is 0 Å². The molecular weight excluding hydrogens is 155 g/mol. The third-order valence-electron chi connectivity index (χ3n) is 2.05. The SMILES string of the molecule is O[C@@H]1C2CO[C@H](O2)C(F)[C@@H]1O. The van der Waals surface area contributed by atoms with Crippen molar-refractivity contribution in [3.8, 4) is 0 Å². The molecule has 2 N–H and O–H groups in total. The van der Waals surface area contributed by atoms with Crippen LogP contribution in [0, 0.1) is 0 Å². The van der Waals surface area contributed by atoms with Crippen molar-refractivity contribution in [2.24, 2.45) is 0 Å². The van der Waals surface area contributed by atoms with Gasteiger partial charge < -0.3 is 19.7 Å². The summed E-state index contributed by atoms with van der Waals surface area (Å²) in [6, 6.07) is 0. The third-order valence-corrected chi connectivity index (χ3v) is 2.05. The molecule has 5 atom stereocenters.